The van der Waals surface area contributed by atoms with Crippen molar-refractivity contribution in [3.8, 4) is 16.9 Å². The number of aryl methyl sites for hydroxylation is 1. The van der Waals surface area contributed by atoms with E-state index < -0.39 is 12.5 Å². The summed E-state index contributed by atoms with van der Waals surface area (Å²) in [6.07, 6.45) is 0. The molecule has 1 aliphatic rings. The van der Waals surface area contributed by atoms with Crippen LogP contribution >= 0.6 is 11.5 Å². The third-order valence-corrected chi connectivity index (χ3v) is 5.83. The molecule has 4 rings (SSSR count). The Bertz CT molecular complexity index is 1080. The fraction of sp³-hybridized carbons (Fsp3) is 0.381. The van der Waals surface area contributed by atoms with E-state index in [1.807, 2.05) is 0 Å². The van der Waals surface area contributed by atoms with Gasteiger partial charge in [0.2, 0.25) is 5.13 Å². The van der Waals surface area contributed by atoms with Gasteiger partial charge in [-0.15, -0.1) is 0 Å². The first-order valence-electron chi connectivity index (χ1n) is 10.1. The van der Waals surface area contributed by atoms with Crippen molar-refractivity contribution in [2.45, 2.75) is 20.1 Å². The number of carbonyl (C=O) groups excluding carboxylic acids is 1. The number of aromatic nitrogens is 2. The van der Waals surface area contributed by atoms with Gasteiger partial charge in [0.15, 0.2) is 11.6 Å². The summed E-state index contributed by atoms with van der Waals surface area (Å²) in [5.74, 6) is 0.820. The molecular weight excluding hydrogens is 440 g/mol. The van der Waals surface area contributed by atoms with Crippen molar-refractivity contribution in [2.75, 3.05) is 38.5 Å². The molecule has 1 amide bonds. The summed E-state index contributed by atoms with van der Waals surface area (Å²) in [4.78, 5) is 21.6. The molecule has 0 atom stereocenters. The summed E-state index contributed by atoms with van der Waals surface area (Å²) < 4.78 is 39.4. The van der Waals surface area contributed by atoms with E-state index in [1.165, 1.54) is 12.1 Å². The van der Waals surface area contributed by atoms with Crippen molar-refractivity contribution in [1.29, 1.82) is 0 Å². The second-order valence-electron chi connectivity index (χ2n) is 7.54. The van der Waals surface area contributed by atoms with Gasteiger partial charge in [-0.1, -0.05) is 12.1 Å². The van der Waals surface area contributed by atoms with Crippen LogP contribution in [-0.2, 0) is 6.54 Å². The fourth-order valence-electron chi connectivity index (χ4n) is 3.45. The van der Waals surface area contributed by atoms with Crippen LogP contribution in [0.15, 0.2) is 34.7 Å². The molecule has 0 unspecified atom stereocenters. The molecule has 170 valence electrons. The summed E-state index contributed by atoms with van der Waals surface area (Å²) in [6.45, 7) is 3.35. The molecule has 0 bridgehead atoms. The quantitative estimate of drug-likeness (QED) is 0.572. The first-order chi connectivity index (χ1) is 15.4. The average molecular weight is 464 g/mol. The largest absolute Gasteiger partial charge is 0.456 e. The number of piperazine rings is 1. The zero-order valence-electron chi connectivity index (χ0n) is 17.7. The summed E-state index contributed by atoms with van der Waals surface area (Å²) in [5.41, 5.74) is 1.22. The Kier molecular flexibility index (Phi) is 6.77. The predicted molar refractivity (Wildman–Crippen MR) is 116 cm³/mol. The van der Waals surface area contributed by atoms with Gasteiger partial charge in [0.1, 0.15) is 11.5 Å². The number of furan rings is 1. The lowest BCUT2D eigenvalue weighted by atomic mass is 10.1. The van der Waals surface area contributed by atoms with Crippen molar-refractivity contribution in [1.82, 2.24) is 19.2 Å². The van der Waals surface area contributed by atoms with Gasteiger partial charge in [-0.2, -0.15) is 13.2 Å². The molecule has 32 heavy (non-hydrogen) atoms. The summed E-state index contributed by atoms with van der Waals surface area (Å²) in [6, 6.07) is 7.81. The van der Waals surface area contributed by atoms with Crippen molar-refractivity contribution in [3.63, 3.8) is 0 Å². The van der Waals surface area contributed by atoms with Crippen LogP contribution < -0.4 is 10.1 Å². The van der Waals surface area contributed by atoms with Gasteiger partial charge in [-0.05, 0) is 37.7 Å². The summed E-state index contributed by atoms with van der Waals surface area (Å²) in [7, 11) is 2.10. The smallest absolute Gasteiger partial charge is 0.387 e. The van der Waals surface area contributed by atoms with Crippen LogP contribution in [0, 0.1) is 6.92 Å². The Morgan fingerprint density at radius 3 is 2.81 bits per heavy atom. The summed E-state index contributed by atoms with van der Waals surface area (Å²) in [5, 5.41) is 3.10. The third-order valence-electron chi connectivity index (χ3n) is 5.16. The number of carbonyl (C=O) groups is 1. The molecule has 0 radical (unpaired) electrons. The fourth-order valence-corrected chi connectivity index (χ4v) is 4.03. The normalized spacial score (nSPS) is 15.3. The van der Waals surface area contributed by atoms with Crippen LogP contribution in [-0.4, -0.2) is 64.9 Å². The van der Waals surface area contributed by atoms with Crippen LogP contribution in [0.4, 0.5) is 13.9 Å². The number of hydrogen-bond acceptors (Lipinski definition) is 8. The zero-order chi connectivity index (χ0) is 22.7. The lowest BCUT2D eigenvalue weighted by Crippen LogP contribution is -2.44. The molecule has 0 aliphatic carbocycles. The molecule has 1 saturated heterocycles. The SMILES string of the molecule is Cc1oc(C(=O)Nc2nc(CN3CCN(C)CC3)ns2)cc1-c1cccc(OC(F)F)c1. The molecule has 1 fully saturated rings. The monoisotopic (exact) mass is 463 g/mol. The van der Waals surface area contributed by atoms with Gasteiger partial charge in [0, 0.05) is 43.3 Å². The highest BCUT2D eigenvalue weighted by molar-refractivity contribution is 7.09. The lowest BCUT2D eigenvalue weighted by molar-refractivity contribution is -0.0498. The molecule has 3 aromatic rings. The number of amides is 1. The Morgan fingerprint density at radius 2 is 2.06 bits per heavy atom. The number of halogens is 2. The molecule has 8 nitrogen and oxygen atoms in total. The van der Waals surface area contributed by atoms with E-state index in [1.54, 1.807) is 25.1 Å². The first-order valence-corrected chi connectivity index (χ1v) is 10.9. The number of likely N-dealkylation sites (N-methyl/N-ethyl adjacent to an activating group) is 1. The van der Waals surface area contributed by atoms with E-state index in [0.29, 0.717) is 34.4 Å². The van der Waals surface area contributed by atoms with E-state index in [2.05, 4.69) is 36.3 Å². The highest BCUT2D eigenvalue weighted by Crippen LogP contribution is 2.30. The second kappa shape index (κ2) is 9.72. The average Bonchev–Trinajstić information content (AvgIpc) is 3.35. The van der Waals surface area contributed by atoms with Crippen LogP contribution in [0.25, 0.3) is 11.1 Å². The van der Waals surface area contributed by atoms with Crippen molar-refractivity contribution in [2.24, 2.45) is 0 Å². The van der Waals surface area contributed by atoms with Gasteiger partial charge in [-0.3, -0.25) is 15.0 Å². The van der Waals surface area contributed by atoms with E-state index >= 15 is 0 Å². The molecule has 0 spiro atoms. The Morgan fingerprint density at radius 1 is 1.28 bits per heavy atom. The van der Waals surface area contributed by atoms with E-state index in [4.69, 9.17) is 4.42 Å². The summed E-state index contributed by atoms with van der Waals surface area (Å²) >= 11 is 1.12. The van der Waals surface area contributed by atoms with Gasteiger partial charge < -0.3 is 14.1 Å². The minimum absolute atomic E-state index is 0.0332. The minimum atomic E-state index is -2.91. The predicted octanol–water partition coefficient (Wildman–Crippen LogP) is 3.71. The topological polar surface area (TPSA) is 83.7 Å². The van der Waals surface area contributed by atoms with Crippen LogP contribution in [0.1, 0.15) is 22.1 Å². The van der Waals surface area contributed by atoms with Gasteiger partial charge in [0.05, 0.1) is 6.54 Å². The third kappa shape index (κ3) is 5.47. The maximum Gasteiger partial charge on any atom is 0.387 e. The van der Waals surface area contributed by atoms with Gasteiger partial charge in [-0.25, -0.2) is 4.98 Å². The second-order valence-corrected chi connectivity index (χ2v) is 8.29. The standard InChI is InChI=1S/C21H23F2N5O3S/c1-13-16(14-4-3-5-15(10-14)31-20(22)23)11-17(30-13)19(29)25-21-24-18(26-32-21)12-28-8-6-27(2)7-9-28/h3-5,10-11,20H,6-9,12H2,1-2H3,(H,24,25,26,29). The van der Waals surface area contributed by atoms with E-state index in [9.17, 15) is 13.6 Å². The number of alkyl halides is 2. The Hall–Kier alpha value is -2.89. The maximum atomic E-state index is 12.7. The number of benzene rings is 1. The van der Waals surface area contributed by atoms with E-state index in [-0.39, 0.29) is 11.5 Å². The van der Waals surface area contributed by atoms with Crippen molar-refractivity contribution >= 4 is 22.6 Å². The molecule has 0 saturated carbocycles. The van der Waals surface area contributed by atoms with Crippen LogP contribution in [0.2, 0.25) is 0 Å². The van der Waals surface area contributed by atoms with Gasteiger partial charge >= 0.3 is 6.61 Å². The van der Waals surface area contributed by atoms with Crippen molar-refractivity contribution < 1.29 is 22.7 Å². The number of ether oxygens (including phenoxy) is 1. The molecule has 11 heteroatoms. The maximum absolute atomic E-state index is 12.7. The van der Waals surface area contributed by atoms with Gasteiger partial charge in [0.25, 0.3) is 5.91 Å². The molecule has 1 N–H and O–H groups in total. The number of hydrogen-bond donors (Lipinski definition) is 1. The van der Waals surface area contributed by atoms with Crippen molar-refractivity contribution in [3.05, 3.63) is 47.7 Å². The number of rotatable bonds is 7. The Labute approximate surface area is 188 Å². The molecule has 2 aromatic heterocycles. The Balaban J connectivity index is 1.41. The molecule has 1 aromatic carbocycles. The molecular formula is C21H23F2N5O3S. The highest BCUT2D eigenvalue weighted by Gasteiger charge is 2.20. The number of nitrogens with one attached hydrogen (secondary N) is 1. The zero-order valence-corrected chi connectivity index (χ0v) is 18.5. The highest BCUT2D eigenvalue weighted by atomic mass is 32.1. The molecule has 3 heterocycles. The number of anilines is 1. The van der Waals surface area contributed by atoms with Crippen LogP contribution in [0.3, 0.4) is 0 Å². The lowest BCUT2D eigenvalue weighted by Gasteiger charge is -2.31. The first kappa shape index (κ1) is 22.3. The number of nitrogens with zero attached hydrogens (tertiary/aromatic N) is 4. The molecule has 1 aliphatic heterocycles. The van der Waals surface area contributed by atoms with E-state index in [0.717, 1.165) is 37.7 Å². The van der Waals surface area contributed by atoms with Crippen LogP contribution in [0.5, 0.6) is 5.75 Å². The minimum Gasteiger partial charge on any atom is -0.456 e.